The van der Waals surface area contributed by atoms with Gasteiger partial charge in [0, 0.05) is 18.0 Å². The number of azide groups is 1. The van der Waals surface area contributed by atoms with Crippen LogP contribution < -0.4 is 4.72 Å². The van der Waals surface area contributed by atoms with Gasteiger partial charge in [-0.1, -0.05) is 5.11 Å². The summed E-state index contributed by atoms with van der Waals surface area (Å²) in [6, 6.07) is 0. The SMILES string of the molecule is Cc1ncc(S(=O)(=O)NCCCCN=[N+]=[N-])[nH]1. The van der Waals surface area contributed by atoms with Crippen molar-refractivity contribution in [3.63, 3.8) is 0 Å². The molecule has 0 aliphatic heterocycles. The Balaban J connectivity index is 2.38. The van der Waals surface area contributed by atoms with E-state index in [-0.39, 0.29) is 5.03 Å². The van der Waals surface area contributed by atoms with Crippen LogP contribution in [0.2, 0.25) is 0 Å². The van der Waals surface area contributed by atoms with E-state index in [2.05, 4.69) is 24.7 Å². The van der Waals surface area contributed by atoms with Crippen LogP contribution in [0.5, 0.6) is 0 Å². The molecular weight excluding hydrogens is 244 g/mol. The summed E-state index contributed by atoms with van der Waals surface area (Å²) in [6.07, 6.45) is 2.54. The molecule has 0 unspecified atom stereocenters. The largest absolute Gasteiger partial charge is 0.332 e. The van der Waals surface area contributed by atoms with Crippen LogP contribution in [-0.2, 0) is 10.0 Å². The molecule has 0 aliphatic carbocycles. The molecule has 0 amide bonds. The Labute approximate surface area is 99.1 Å². The van der Waals surface area contributed by atoms with E-state index in [1.165, 1.54) is 6.20 Å². The minimum atomic E-state index is -3.50. The Bertz CT molecular complexity index is 502. The van der Waals surface area contributed by atoms with Gasteiger partial charge in [-0.25, -0.2) is 18.1 Å². The summed E-state index contributed by atoms with van der Waals surface area (Å²) in [6.45, 7) is 2.36. The van der Waals surface area contributed by atoms with Crippen molar-refractivity contribution in [1.29, 1.82) is 0 Å². The van der Waals surface area contributed by atoms with Crippen molar-refractivity contribution in [1.82, 2.24) is 14.7 Å². The molecule has 1 rings (SSSR count). The highest BCUT2D eigenvalue weighted by atomic mass is 32.2. The summed E-state index contributed by atoms with van der Waals surface area (Å²) in [5.74, 6) is 0.550. The minimum Gasteiger partial charge on any atom is -0.332 e. The molecule has 1 aromatic heterocycles. The van der Waals surface area contributed by atoms with E-state index < -0.39 is 10.0 Å². The summed E-state index contributed by atoms with van der Waals surface area (Å²) in [5, 5.41) is 3.41. The molecule has 8 nitrogen and oxygen atoms in total. The number of hydrogen-bond acceptors (Lipinski definition) is 4. The molecule has 0 aromatic carbocycles. The van der Waals surface area contributed by atoms with Gasteiger partial charge >= 0.3 is 0 Å². The molecule has 1 heterocycles. The summed E-state index contributed by atoms with van der Waals surface area (Å²) >= 11 is 0. The maximum Gasteiger partial charge on any atom is 0.257 e. The molecule has 1 aromatic rings. The lowest BCUT2D eigenvalue weighted by molar-refractivity contribution is 0.574. The van der Waals surface area contributed by atoms with Crippen LogP contribution in [0.4, 0.5) is 0 Å². The van der Waals surface area contributed by atoms with Crippen LogP contribution in [0.1, 0.15) is 18.7 Å². The number of rotatable bonds is 7. The number of hydrogen-bond donors (Lipinski definition) is 2. The quantitative estimate of drug-likeness (QED) is 0.329. The molecule has 0 bridgehead atoms. The lowest BCUT2D eigenvalue weighted by Crippen LogP contribution is -2.25. The van der Waals surface area contributed by atoms with E-state index in [4.69, 9.17) is 5.53 Å². The van der Waals surface area contributed by atoms with Gasteiger partial charge in [-0.15, -0.1) is 0 Å². The van der Waals surface area contributed by atoms with Crippen molar-refractivity contribution in [3.05, 3.63) is 22.5 Å². The maximum atomic E-state index is 11.7. The van der Waals surface area contributed by atoms with Gasteiger partial charge in [-0.3, -0.25) is 0 Å². The number of nitrogens with zero attached hydrogens (tertiary/aromatic N) is 4. The van der Waals surface area contributed by atoms with Crippen molar-refractivity contribution in [2.75, 3.05) is 13.1 Å². The van der Waals surface area contributed by atoms with Gasteiger partial charge in [0.2, 0.25) is 0 Å². The van der Waals surface area contributed by atoms with Crippen molar-refractivity contribution in [2.45, 2.75) is 24.8 Å². The number of nitrogens with one attached hydrogen (secondary N) is 2. The zero-order valence-electron chi connectivity index (χ0n) is 9.42. The van der Waals surface area contributed by atoms with Crippen LogP contribution in [0.15, 0.2) is 16.3 Å². The second-order valence-corrected chi connectivity index (χ2v) is 5.13. The molecule has 0 saturated carbocycles. The van der Waals surface area contributed by atoms with Gasteiger partial charge in [0.05, 0.1) is 6.20 Å². The molecule has 0 radical (unpaired) electrons. The first-order valence-corrected chi connectivity index (χ1v) is 6.57. The van der Waals surface area contributed by atoms with Crippen LogP contribution >= 0.6 is 0 Å². The molecule has 9 heteroatoms. The number of aryl methyl sites for hydroxylation is 1. The monoisotopic (exact) mass is 258 g/mol. The molecule has 0 saturated heterocycles. The zero-order valence-corrected chi connectivity index (χ0v) is 10.2. The average Bonchev–Trinajstić information content (AvgIpc) is 2.71. The molecule has 0 spiro atoms. The highest BCUT2D eigenvalue weighted by Crippen LogP contribution is 2.04. The minimum absolute atomic E-state index is 0.0602. The second kappa shape index (κ2) is 6.24. The van der Waals surface area contributed by atoms with E-state index in [0.29, 0.717) is 31.8 Å². The topological polar surface area (TPSA) is 124 Å². The Hall–Kier alpha value is -1.57. The van der Waals surface area contributed by atoms with E-state index in [1.807, 2.05) is 0 Å². The molecule has 17 heavy (non-hydrogen) atoms. The van der Waals surface area contributed by atoms with E-state index in [9.17, 15) is 8.42 Å². The summed E-state index contributed by atoms with van der Waals surface area (Å²) in [4.78, 5) is 9.08. The van der Waals surface area contributed by atoms with Gasteiger partial charge in [0.15, 0.2) is 5.03 Å². The number of aromatic amines is 1. The summed E-state index contributed by atoms with van der Waals surface area (Å²) < 4.78 is 25.8. The second-order valence-electron chi connectivity index (χ2n) is 3.39. The fourth-order valence-electron chi connectivity index (χ4n) is 1.17. The summed E-state index contributed by atoms with van der Waals surface area (Å²) in [5.41, 5.74) is 8.04. The fourth-order valence-corrected chi connectivity index (χ4v) is 2.21. The number of H-pyrrole nitrogens is 1. The molecular formula is C8H14N6O2S. The normalized spacial score (nSPS) is 11.1. The van der Waals surface area contributed by atoms with Crippen LogP contribution in [0.25, 0.3) is 10.4 Å². The Kier molecular flexibility index (Phi) is 4.95. The smallest absolute Gasteiger partial charge is 0.257 e. The Morgan fingerprint density at radius 3 is 2.94 bits per heavy atom. The van der Waals surface area contributed by atoms with Gasteiger partial charge in [-0.05, 0) is 25.3 Å². The maximum absolute atomic E-state index is 11.7. The third-order valence-electron chi connectivity index (χ3n) is 2.01. The fraction of sp³-hybridized carbons (Fsp3) is 0.625. The van der Waals surface area contributed by atoms with Gasteiger partial charge in [-0.2, -0.15) is 0 Å². The molecule has 0 atom stereocenters. The first-order chi connectivity index (χ1) is 8.06. The van der Waals surface area contributed by atoms with Crippen LogP contribution in [0, 0.1) is 6.92 Å². The van der Waals surface area contributed by atoms with Gasteiger partial charge in [0.1, 0.15) is 5.82 Å². The number of sulfonamides is 1. The highest BCUT2D eigenvalue weighted by molar-refractivity contribution is 7.89. The standard InChI is InChI=1S/C8H14N6O2S/c1-7-10-6-8(13-7)17(15,16)12-5-3-2-4-11-14-9/h6,12H,2-5H2,1H3,(H,10,13). The van der Waals surface area contributed by atoms with E-state index in [0.717, 1.165) is 0 Å². The van der Waals surface area contributed by atoms with Gasteiger partial charge in [0.25, 0.3) is 10.0 Å². The Morgan fingerprint density at radius 1 is 1.59 bits per heavy atom. The van der Waals surface area contributed by atoms with Crippen LogP contribution in [0.3, 0.4) is 0 Å². The predicted molar refractivity (Wildman–Crippen MR) is 61.8 cm³/mol. The lowest BCUT2D eigenvalue weighted by atomic mass is 10.3. The van der Waals surface area contributed by atoms with Crippen molar-refractivity contribution in [2.24, 2.45) is 5.11 Å². The van der Waals surface area contributed by atoms with E-state index >= 15 is 0 Å². The van der Waals surface area contributed by atoms with Gasteiger partial charge < -0.3 is 4.98 Å². The van der Waals surface area contributed by atoms with Crippen molar-refractivity contribution in [3.8, 4) is 0 Å². The van der Waals surface area contributed by atoms with Crippen molar-refractivity contribution < 1.29 is 8.42 Å². The summed E-state index contributed by atoms with van der Waals surface area (Å²) in [7, 11) is -3.50. The Morgan fingerprint density at radius 2 is 2.35 bits per heavy atom. The number of unbranched alkanes of at least 4 members (excludes halogenated alkanes) is 1. The number of aromatic nitrogens is 2. The molecule has 94 valence electrons. The van der Waals surface area contributed by atoms with E-state index in [1.54, 1.807) is 6.92 Å². The first-order valence-electron chi connectivity index (χ1n) is 5.08. The number of imidazole rings is 1. The highest BCUT2D eigenvalue weighted by Gasteiger charge is 2.15. The molecule has 2 N–H and O–H groups in total. The van der Waals surface area contributed by atoms with Crippen molar-refractivity contribution >= 4 is 10.0 Å². The third kappa shape index (κ3) is 4.43. The third-order valence-corrected chi connectivity index (χ3v) is 3.38. The molecule has 0 fully saturated rings. The first kappa shape index (κ1) is 13.5. The predicted octanol–water partition coefficient (Wildman–Crippen LogP) is 1.09. The van der Waals surface area contributed by atoms with Crippen LogP contribution in [-0.4, -0.2) is 31.5 Å². The average molecular weight is 258 g/mol. The zero-order chi connectivity index (χ0) is 12.7. The molecule has 0 aliphatic rings. The lowest BCUT2D eigenvalue weighted by Gasteiger charge is -2.03.